The fourth-order valence-electron chi connectivity index (χ4n) is 1.96. The number of aromatic nitrogens is 1. The zero-order chi connectivity index (χ0) is 13.9. The molecule has 0 saturated carbocycles. The van der Waals surface area contributed by atoms with E-state index in [1.165, 1.54) is 0 Å². The van der Waals surface area contributed by atoms with Gasteiger partial charge in [0.1, 0.15) is 10.8 Å². The molecule has 0 aliphatic carbocycles. The van der Waals surface area contributed by atoms with Gasteiger partial charge in [-0.15, -0.1) is 11.3 Å². The lowest BCUT2D eigenvalue weighted by molar-refractivity contribution is 0.415. The maximum absolute atomic E-state index is 5.26. The molecule has 3 aromatic rings. The molecule has 2 nitrogen and oxygen atoms in total. The summed E-state index contributed by atoms with van der Waals surface area (Å²) in [5.41, 5.74) is 3.17. The molecule has 0 fully saturated rings. The van der Waals surface area contributed by atoms with Crippen LogP contribution in [0, 0.1) is 0 Å². The van der Waals surface area contributed by atoms with Crippen molar-refractivity contribution in [2.24, 2.45) is 0 Å². The summed E-state index contributed by atoms with van der Waals surface area (Å²) in [6.07, 6.45) is 0. The first-order valence-corrected chi connectivity index (χ1v) is 7.80. The molecular weight excluding hydrogens is 334 g/mol. The van der Waals surface area contributed by atoms with Crippen LogP contribution in [0.15, 0.2) is 58.4 Å². The second kappa shape index (κ2) is 5.77. The Labute approximate surface area is 130 Å². The van der Waals surface area contributed by atoms with Gasteiger partial charge in [-0.25, -0.2) is 4.98 Å². The van der Waals surface area contributed by atoms with E-state index >= 15 is 0 Å². The van der Waals surface area contributed by atoms with Crippen LogP contribution in [0.4, 0.5) is 0 Å². The first-order valence-electron chi connectivity index (χ1n) is 6.13. The highest BCUT2D eigenvalue weighted by Gasteiger charge is 2.09. The third kappa shape index (κ3) is 2.62. The average Bonchev–Trinajstić information content (AvgIpc) is 2.97. The standard InChI is InChI=1S/C16H12BrNOS/c1-19-12-6-4-5-11(9-12)16-18-15(10-20-16)13-7-2-3-8-14(13)17/h2-10H,1H3. The van der Waals surface area contributed by atoms with Gasteiger partial charge in [0.15, 0.2) is 0 Å². The Kier molecular flexibility index (Phi) is 3.85. The summed E-state index contributed by atoms with van der Waals surface area (Å²) in [5, 5.41) is 3.07. The van der Waals surface area contributed by atoms with E-state index < -0.39 is 0 Å². The summed E-state index contributed by atoms with van der Waals surface area (Å²) in [4.78, 5) is 4.72. The van der Waals surface area contributed by atoms with Gasteiger partial charge >= 0.3 is 0 Å². The zero-order valence-electron chi connectivity index (χ0n) is 10.8. The topological polar surface area (TPSA) is 22.1 Å². The number of methoxy groups -OCH3 is 1. The third-order valence-electron chi connectivity index (χ3n) is 2.97. The van der Waals surface area contributed by atoms with Crippen LogP contribution in [0.2, 0.25) is 0 Å². The number of hydrogen-bond donors (Lipinski definition) is 0. The average molecular weight is 346 g/mol. The molecule has 0 saturated heterocycles. The fraction of sp³-hybridized carbons (Fsp3) is 0.0625. The van der Waals surface area contributed by atoms with E-state index in [1.54, 1.807) is 18.4 Å². The molecule has 0 N–H and O–H groups in total. The van der Waals surface area contributed by atoms with Crippen molar-refractivity contribution < 1.29 is 4.74 Å². The Hall–Kier alpha value is -1.65. The quantitative estimate of drug-likeness (QED) is 0.646. The summed E-state index contributed by atoms with van der Waals surface area (Å²) in [6, 6.07) is 16.1. The number of ether oxygens (including phenoxy) is 1. The third-order valence-corrected chi connectivity index (χ3v) is 4.55. The number of nitrogens with zero attached hydrogens (tertiary/aromatic N) is 1. The SMILES string of the molecule is COc1cccc(-c2nc(-c3ccccc3Br)cs2)c1. The van der Waals surface area contributed by atoms with Gasteiger partial charge in [0.05, 0.1) is 12.8 Å². The molecule has 0 amide bonds. The van der Waals surface area contributed by atoms with Crippen LogP contribution >= 0.6 is 27.3 Å². The van der Waals surface area contributed by atoms with Crippen molar-refractivity contribution in [1.29, 1.82) is 0 Å². The number of benzene rings is 2. The van der Waals surface area contributed by atoms with Gasteiger partial charge < -0.3 is 4.74 Å². The number of hydrogen-bond acceptors (Lipinski definition) is 3. The zero-order valence-corrected chi connectivity index (χ0v) is 13.2. The van der Waals surface area contributed by atoms with E-state index in [0.717, 1.165) is 32.1 Å². The Balaban J connectivity index is 2.00. The molecule has 0 aliphatic heterocycles. The summed E-state index contributed by atoms with van der Waals surface area (Å²) < 4.78 is 6.31. The molecule has 20 heavy (non-hydrogen) atoms. The molecule has 0 spiro atoms. The molecule has 3 rings (SSSR count). The van der Waals surface area contributed by atoms with E-state index in [-0.39, 0.29) is 0 Å². The second-order valence-electron chi connectivity index (χ2n) is 4.25. The van der Waals surface area contributed by atoms with Gasteiger partial charge in [-0.1, -0.05) is 46.3 Å². The minimum Gasteiger partial charge on any atom is -0.497 e. The lowest BCUT2D eigenvalue weighted by Crippen LogP contribution is -1.84. The van der Waals surface area contributed by atoms with E-state index in [1.807, 2.05) is 42.5 Å². The van der Waals surface area contributed by atoms with Crippen LogP contribution in [0.3, 0.4) is 0 Å². The predicted molar refractivity (Wildman–Crippen MR) is 87.2 cm³/mol. The highest BCUT2D eigenvalue weighted by atomic mass is 79.9. The highest BCUT2D eigenvalue weighted by Crippen LogP contribution is 2.33. The van der Waals surface area contributed by atoms with Gasteiger partial charge in [0, 0.05) is 21.0 Å². The minimum atomic E-state index is 0.847. The minimum absolute atomic E-state index is 0.847. The van der Waals surface area contributed by atoms with Gasteiger partial charge in [-0.2, -0.15) is 0 Å². The van der Waals surface area contributed by atoms with Gasteiger partial charge in [-0.3, -0.25) is 0 Å². The lowest BCUT2D eigenvalue weighted by atomic mass is 10.2. The first-order chi connectivity index (χ1) is 9.78. The van der Waals surface area contributed by atoms with Crippen LogP contribution in [0.25, 0.3) is 21.8 Å². The van der Waals surface area contributed by atoms with Crippen molar-refractivity contribution >= 4 is 27.3 Å². The highest BCUT2D eigenvalue weighted by molar-refractivity contribution is 9.10. The van der Waals surface area contributed by atoms with Crippen LogP contribution in [-0.2, 0) is 0 Å². The van der Waals surface area contributed by atoms with Crippen LogP contribution in [-0.4, -0.2) is 12.1 Å². The van der Waals surface area contributed by atoms with Crippen molar-refractivity contribution in [2.75, 3.05) is 7.11 Å². The fourth-order valence-corrected chi connectivity index (χ4v) is 3.26. The van der Waals surface area contributed by atoms with E-state index in [9.17, 15) is 0 Å². The summed E-state index contributed by atoms with van der Waals surface area (Å²) in [7, 11) is 1.67. The predicted octanol–water partition coefficient (Wildman–Crippen LogP) is 5.25. The molecule has 0 bridgehead atoms. The van der Waals surface area contributed by atoms with Crippen molar-refractivity contribution in [3.05, 3.63) is 58.4 Å². The molecule has 1 heterocycles. The molecule has 0 unspecified atom stereocenters. The Morgan fingerprint density at radius 3 is 2.75 bits per heavy atom. The van der Waals surface area contributed by atoms with Crippen molar-refractivity contribution in [1.82, 2.24) is 4.98 Å². The number of rotatable bonds is 3. The maximum Gasteiger partial charge on any atom is 0.124 e. The van der Waals surface area contributed by atoms with Gasteiger partial charge in [-0.05, 0) is 18.2 Å². The van der Waals surface area contributed by atoms with E-state index in [0.29, 0.717) is 0 Å². The second-order valence-corrected chi connectivity index (χ2v) is 5.96. The molecule has 0 atom stereocenters. The van der Waals surface area contributed by atoms with Crippen LogP contribution in [0.1, 0.15) is 0 Å². The summed E-state index contributed by atoms with van der Waals surface area (Å²) >= 11 is 5.20. The largest absolute Gasteiger partial charge is 0.497 e. The molecule has 2 aromatic carbocycles. The normalized spacial score (nSPS) is 10.5. The van der Waals surface area contributed by atoms with Crippen molar-refractivity contribution in [2.45, 2.75) is 0 Å². The van der Waals surface area contributed by atoms with Gasteiger partial charge in [0.25, 0.3) is 0 Å². The molecular formula is C16H12BrNOS. The summed E-state index contributed by atoms with van der Waals surface area (Å²) in [6.45, 7) is 0. The Morgan fingerprint density at radius 2 is 1.95 bits per heavy atom. The van der Waals surface area contributed by atoms with Crippen molar-refractivity contribution in [3.8, 4) is 27.6 Å². The summed E-state index contributed by atoms with van der Waals surface area (Å²) in [5.74, 6) is 0.847. The Bertz CT molecular complexity index is 739. The first kappa shape index (κ1) is 13.3. The molecule has 1 aromatic heterocycles. The molecule has 100 valence electrons. The number of halogens is 1. The Morgan fingerprint density at radius 1 is 1.10 bits per heavy atom. The monoisotopic (exact) mass is 345 g/mol. The van der Waals surface area contributed by atoms with Crippen LogP contribution in [0.5, 0.6) is 5.75 Å². The smallest absolute Gasteiger partial charge is 0.124 e. The van der Waals surface area contributed by atoms with Crippen molar-refractivity contribution in [3.63, 3.8) is 0 Å². The lowest BCUT2D eigenvalue weighted by Gasteiger charge is -2.02. The molecule has 4 heteroatoms. The number of thiazole rings is 1. The van der Waals surface area contributed by atoms with Crippen LogP contribution < -0.4 is 4.74 Å². The molecule has 0 aliphatic rings. The molecule has 0 radical (unpaired) electrons. The maximum atomic E-state index is 5.26. The van der Waals surface area contributed by atoms with E-state index in [4.69, 9.17) is 9.72 Å². The van der Waals surface area contributed by atoms with Gasteiger partial charge in [0.2, 0.25) is 0 Å². The van der Waals surface area contributed by atoms with E-state index in [2.05, 4.69) is 27.4 Å².